The molecule has 0 radical (unpaired) electrons. The van der Waals surface area contributed by atoms with Gasteiger partial charge in [-0.25, -0.2) is 0 Å². The van der Waals surface area contributed by atoms with Crippen molar-refractivity contribution in [1.82, 2.24) is 15.1 Å². The molecule has 154 valence electrons. The predicted molar refractivity (Wildman–Crippen MR) is 116 cm³/mol. The van der Waals surface area contributed by atoms with Gasteiger partial charge in [0.05, 0.1) is 13.2 Å². The Morgan fingerprint density at radius 1 is 0.931 bits per heavy atom. The summed E-state index contributed by atoms with van der Waals surface area (Å²) in [5.41, 5.74) is 3.05. The van der Waals surface area contributed by atoms with Crippen molar-refractivity contribution in [2.45, 2.75) is 18.4 Å². The normalized spacial score (nSPS) is 20.3. The number of benzene rings is 2. The number of amides is 1. The minimum absolute atomic E-state index is 0.0103. The van der Waals surface area contributed by atoms with Crippen LogP contribution in [0.2, 0.25) is 0 Å². The molecule has 2 aromatic carbocycles. The van der Waals surface area contributed by atoms with Gasteiger partial charge in [0.2, 0.25) is 0 Å². The molecule has 1 N–H and O–H groups in total. The first-order chi connectivity index (χ1) is 14.2. The van der Waals surface area contributed by atoms with Gasteiger partial charge in [-0.05, 0) is 56.2 Å². The monoisotopic (exact) mass is 393 g/mol. The van der Waals surface area contributed by atoms with E-state index in [1.807, 2.05) is 42.5 Å². The summed E-state index contributed by atoms with van der Waals surface area (Å²) in [6, 6.07) is 18.1. The summed E-state index contributed by atoms with van der Waals surface area (Å²) in [5, 5.41) is 3.24. The van der Waals surface area contributed by atoms with E-state index in [-0.39, 0.29) is 11.4 Å². The Kier molecular flexibility index (Phi) is 6.28. The molecule has 0 aliphatic carbocycles. The van der Waals surface area contributed by atoms with E-state index in [0.29, 0.717) is 6.54 Å². The maximum atomic E-state index is 12.9. The number of hydrogen-bond donors (Lipinski definition) is 1. The summed E-state index contributed by atoms with van der Waals surface area (Å²) in [6.45, 7) is 6.30. The van der Waals surface area contributed by atoms with E-state index < -0.39 is 0 Å². The van der Waals surface area contributed by atoms with Gasteiger partial charge in [0, 0.05) is 30.7 Å². The number of rotatable bonds is 5. The van der Waals surface area contributed by atoms with Crippen LogP contribution in [0.25, 0.3) is 11.1 Å². The number of likely N-dealkylation sites (tertiary alicyclic amines) is 1. The molecule has 2 aliphatic heterocycles. The van der Waals surface area contributed by atoms with Crippen molar-refractivity contribution in [3.8, 4) is 11.1 Å². The Hall–Kier alpha value is -2.21. The second-order valence-electron chi connectivity index (χ2n) is 8.25. The highest BCUT2D eigenvalue weighted by Crippen LogP contribution is 2.29. The summed E-state index contributed by atoms with van der Waals surface area (Å²) in [5.74, 6) is 0.0103. The molecule has 4 rings (SSSR count). The molecule has 0 spiro atoms. The van der Waals surface area contributed by atoms with E-state index in [1.165, 1.54) is 0 Å². The molecule has 0 atom stereocenters. The van der Waals surface area contributed by atoms with Crippen LogP contribution in [0, 0.1) is 0 Å². The average molecular weight is 394 g/mol. The molecule has 2 fully saturated rings. The Labute approximate surface area is 173 Å². The van der Waals surface area contributed by atoms with Crippen molar-refractivity contribution < 1.29 is 9.53 Å². The third-order valence-electron chi connectivity index (χ3n) is 6.43. The van der Waals surface area contributed by atoms with Crippen molar-refractivity contribution in [3.63, 3.8) is 0 Å². The Morgan fingerprint density at radius 3 is 2.21 bits per heavy atom. The summed E-state index contributed by atoms with van der Waals surface area (Å²) >= 11 is 0. The molecule has 2 heterocycles. The number of carbonyl (C=O) groups excluding carboxylic acids is 1. The quantitative estimate of drug-likeness (QED) is 0.849. The number of carbonyl (C=O) groups is 1. The smallest absolute Gasteiger partial charge is 0.251 e. The summed E-state index contributed by atoms with van der Waals surface area (Å²) < 4.78 is 5.56. The van der Waals surface area contributed by atoms with Gasteiger partial charge in [-0.1, -0.05) is 42.5 Å². The van der Waals surface area contributed by atoms with Crippen molar-refractivity contribution in [2.24, 2.45) is 0 Å². The van der Waals surface area contributed by atoms with E-state index in [4.69, 9.17) is 4.74 Å². The first-order valence-corrected chi connectivity index (χ1v) is 10.6. The number of hydrogen-bond acceptors (Lipinski definition) is 4. The predicted octanol–water partition coefficient (Wildman–Crippen LogP) is 2.88. The molecule has 0 aromatic heterocycles. The molecule has 0 bridgehead atoms. The number of morpholine rings is 1. The van der Waals surface area contributed by atoms with Gasteiger partial charge in [-0.3, -0.25) is 9.69 Å². The van der Waals surface area contributed by atoms with Gasteiger partial charge < -0.3 is 15.0 Å². The molecular formula is C24H31N3O2. The lowest BCUT2D eigenvalue weighted by atomic mass is 9.85. The molecule has 2 aliphatic rings. The van der Waals surface area contributed by atoms with Crippen LogP contribution in [0.5, 0.6) is 0 Å². The molecule has 0 unspecified atom stereocenters. The average Bonchev–Trinajstić information content (AvgIpc) is 2.80. The van der Waals surface area contributed by atoms with Crippen molar-refractivity contribution in [3.05, 3.63) is 60.2 Å². The lowest BCUT2D eigenvalue weighted by Gasteiger charge is -2.49. The zero-order valence-electron chi connectivity index (χ0n) is 17.3. The van der Waals surface area contributed by atoms with Crippen LogP contribution in [0.15, 0.2) is 54.6 Å². The molecular weight excluding hydrogens is 362 g/mol. The van der Waals surface area contributed by atoms with Crippen LogP contribution in [-0.2, 0) is 4.74 Å². The van der Waals surface area contributed by atoms with Gasteiger partial charge in [-0.15, -0.1) is 0 Å². The molecule has 0 saturated carbocycles. The van der Waals surface area contributed by atoms with Gasteiger partial charge >= 0.3 is 0 Å². The standard InChI is InChI=1S/C24H31N3O2/c1-26-13-11-24(12-14-26,27-15-17-29-18-16-27)19-25-23(28)22-9-7-21(8-10-22)20-5-3-2-4-6-20/h2-10H,11-19H2,1H3,(H,25,28). The lowest BCUT2D eigenvalue weighted by Crippen LogP contribution is -2.62. The van der Waals surface area contributed by atoms with Crippen LogP contribution in [0.3, 0.4) is 0 Å². The first-order valence-electron chi connectivity index (χ1n) is 10.6. The fourth-order valence-corrected chi connectivity index (χ4v) is 4.47. The van der Waals surface area contributed by atoms with Crippen molar-refractivity contribution >= 4 is 5.91 Å². The van der Waals surface area contributed by atoms with E-state index >= 15 is 0 Å². The van der Waals surface area contributed by atoms with E-state index in [9.17, 15) is 4.79 Å². The number of nitrogens with one attached hydrogen (secondary N) is 1. The Bertz CT molecular complexity index is 793. The van der Waals surface area contributed by atoms with Crippen molar-refractivity contribution in [1.29, 1.82) is 0 Å². The molecule has 1 amide bonds. The second kappa shape index (κ2) is 9.08. The van der Waals surface area contributed by atoms with Crippen LogP contribution < -0.4 is 5.32 Å². The van der Waals surface area contributed by atoms with Gasteiger partial charge in [0.1, 0.15) is 0 Å². The molecule has 2 aromatic rings. The molecule has 5 heteroatoms. The zero-order chi connectivity index (χ0) is 20.1. The first kappa shape index (κ1) is 20.1. The maximum absolute atomic E-state index is 12.9. The van der Waals surface area contributed by atoms with E-state index in [2.05, 4.69) is 34.3 Å². The summed E-state index contributed by atoms with van der Waals surface area (Å²) in [4.78, 5) is 17.8. The molecule has 2 saturated heterocycles. The van der Waals surface area contributed by atoms with Crippen LogP contribution in [0.1, 0.15) is 23.2 Å². The SMILES string of the molecule is CN1CCC(CNC(=O)c2ccc(-c3ccccc3)cc2)(N2CCOCC2)CC1. The highest BCUT2D eigenvalue weighted by Gasteiger charge is 2.40. The fourth-order valence-electron chi connectivity index (χ4n) is 4.47. The van der Waals surface area contributed by atoms with Gasteiger partial charge in [0.15, 0.2) is 0 Å². The minimum atomic E-state index is 0.0103. The van der Waals surface area contributed by atoms with Gasteiger partial charge in [-0.2, -0.15) is 0 Å². The summed E-state index contributed by atoms with van der Waals surface area (Å²) in [7, 11) is 2.18. The van der Waals surface area contributed by atoms with Crippen molar-refractivity contribution in [2.75, 3.05) is 53.0 Å². The number of piperidine rings is 1. The van der Waals surface area contributed by atoms with Crippen LogP contribution in [-0.4, -0.2) is 74.2 Å². The summed E-state index contributed by atoms with van der Waals surface area (Å²) in [6.07, 6.45) is 2.16. The highest BCUT2D eigenvalue weighted by molar-refractivity contribution is 5.94. The second-order valence-corrected chi connectivity index (χ2v) is 8.25. The molecule has 29 heavy (non-hydrogen) atoms. The number of ether oxygens (including phenoxy) is 1. The largest absolute Gasteiger partial charge is 0.379 e. The Morgan fingerprint density at radius 2 is 1.55 bits per heavy atom. The van der Waals surface area contributed by atoms with Crippen LogP contribution >= 0.6 is 0 Å². The minimum Gasteiger partial charge on any atom is -0.379 e. The third kappa shape index (κ3) is 4.69. The van der Waals surface area contributed by atoms with E-state index in [0.717, 1.165) is 68.9 Å². The Balaban J connectivity index is 1.42. The van der Waals surface area contributed by atoms with Gasteiger partial charge in [0.25, 0.3) is 5.91 Å². The number of nitrogens with zero attached hydrogens (tertiary/aromatic N) is 2. The molecule has 5 nitrogen and oxygen atoms in total. The lowest BCUT2D eigenvalue weighted by molar-refractivity contribution is -0.0439. The fraction of sp³-hybridized carbons (Fsp3) is 0.458. The van der Waals surface area contributed by atoms with E-state index in [1.54, 1.807) is 0 Å². The highest BCUT2D eigenvalue weighted by atomic mass is 16.5. The zero-order valence-corrected chi connectivity index (χ0v) is 17.3. The van der Waals surface area contributed by atoms with Crippen LogP contribution in [0.4, 0.5) is 0 Å². The third-order valence-corrected chi connectivity index (χ3v) is 6.43. The maximum Gasteiger partial charge on any atom is 0.251 e. The topological polar surface area (TPSA) is 44.8 Å².